The van der Waals surface area contributed by atoms with Crippen LogP contribution in [-0.4, -0.2) is 76.1 Å². The van der Waals surface area contributed by atoms with Crippen LogP contribution < -0.4 is 10.0 Å². The normalized spacial score (nSPS) is 20.2. The molecule has 1 aromatic rings. The lowest BCUT2D eigenvalue weighted by molar-refractivity contribution is 0.171. The summed E-state index contributed by atoms with van der Waals surface area (Å²) in [5.74, 6) is 0.0903. The van der Waals surface area contributed by atoms with Crippen LogP contribution in [0.4, 0.5) is 4.79 Å². The minimum atomic E-state index is -3.56. The third-order valence-electron chi connectivity index (χ3n) is 5.70. The van der Waals surface area contributed by atoms with Crippen molar-refractivity contribution < 1.29 is 21.6 Å². The van der Waals surface area contributed by atoms with E-state index in [9.17, 15) is 21.6 Å². The molecule has 2 saturated heterocycles. The van der Waals surface area contributed by atoms with Crippen molar-refractivity contribution in [1.82, 2.24) is 19.2 Å². The van der Waals surface area contributed by atoms with Gasteiger partial charge in [0.25, 0.3) is 0 Å². The maximum Gasteiger partial charge on any atom is 0.317 e. The lowest BCUT2D eigenvalue weighted by atomic mass is 10.1. The average Bonchev–Trinajstić information content (AvgIpc) is 2.75. The maximum atomic E-state index is 12.6. The Morgan fingerprint density at radius 3 is 2.07 bits per heavy atom. The van der Waals surface area contributed by atoms with E-state index in [1.807, 2.05) is 0 Å². The van der Waals surface area contributed by atoms with E-state index in [-0.39, 0.29) is 28.8 Å². The number of nitrogens with zero attached hydrogens (tertiary/aromatic N) is 2. The molecule has 11 heteroatoms. The highest BCUT2D eigenvalue weighted by Crippen LogP contribution is 2.17. The lowest BCUT2D eigenvalue weighted by Crippen LogP contribution is -2.53. The number of benzene rings is 1. The monoisotopic (exact) mass is 458 g/mol. The van der Waals surface area contributed by atoms with Gasteiger partial charge in [0.1, 0.15) is 0 Å². The lowest BCUT2D eigenvalue weighted by Gasteiger charge is -2.35. The quantitative estimate of drug-likeness (QED) is 0.659. The predicted molar refractivity (Wildman–Crippen MR) is 114 cm³/mol. The number of hydrogen-bond acceptors (Lipinski definition) is 5. The van der Waals surface area contributed by atoms with Crippen LogP contribution in [0.2, 0.25) is 0 Å². The van der Waals surface area contributed by atoms with Gasteiger partial charge in [-0.15, -0.1) is 0 Å². The number of piperidine rings is 2. The van der Waals surface area contributed by atoms with Gasteiger partial charge in [-0.25, -0.2) is 30.7 Å². The molecule has 9 nitrogen and oxygen atoms in total. The first-order chi connectivity index (χ1) is 14.2. The van der Waals surface area contributed by atoms with Crippen LogP contribution in [0.15, 0.2) is 35.2 Å². The summed E-state index contributed by atoms with van der Waals surface area (Å²) in [4.78, 5) is 14.5. The van der Waals surface area contributed by atoms with Crippen LogP contribution in [0, 0.1) is 0 Å². The molecule has 2 aliphatic heterocycles. The number of urea groups is 1. The Balaban J connectivity index is 1.44. The Labute approximate surface area is 178 Å². The number of nitrogens with one attached hydrogen (secondary N) is 2. The Bertz CT molecular complexity index is 921. The summed E-state index contributed by atoms with van der Waals surface area (Å²) in [7, 11) is -6.74. The summed E-state index contributed by atoms with van der Waals surface area (Å²) < 4.78 is 53.0. The summed E-state index contributed by atoms with van der Waals surface area (Å²) >= 11 is 0. The van der Waals surface area contributed by atoms with Gasteiger partial charge in [-0.2, -0.15) is 0 Å². The molecule has 0 aliphatic carbocycles. The average molecular weight is 459 g/mol. The molecule has 1 aromatic carbocycles. The number of sulfonamides is 2. The fourth-order valence-corrected chi connectivity index (χ4v) is 6.27. The zero-order valence-electron chi connectivity index (χ0n) is 17.2. The second kappa shape index (κ2) is 9.63. The van der Waals surface area contributed by atoms with Gasteiger partial charge in [0.05, 0.1) is 10.6 Å². The fraction of sp³-hybridized carbons (Fsp3) is 0.632. The van der Waals surface area contributed by atoms with Gasteiger partial charge in [-0.3, -0.25) is 0 Å². The second-order valence-corrected chi connectivity index (χ2v) is 11.7. The van der Waals surface area contributed by atoms with Crippen molar-refractivity contribution in [3.63, 3.8) is 0 Å². The zero-order valence-corrected chi connectivity index (χ0v) is 18.8. The second-order valence-electron chi connectivity index (χ2n) is 7.72. The first kappa shape index (κ1) is 23.0. The Morgan fingerprint density at radius 2 is 1.50 bits per heavy atom. The van der Waals surface area contributed by atoms with Crippen LogP contribution >= 0.6 is 0 Å². The fourth-order valence-electron chi connectivity index (χ4n) is 3.81. The van der Waals surface area contributed by atoms with E-state index < -0.39 is 20.0 Å². The zero-order chi connectivity index (χ0) is 21.8. The molecule has 2 amide bonds. The summed E-state index contributed by atoms with van der Waals surface area (Å²) in [6.45, 7) is 3.41. The van der Waals surface area contributed by atoms with Gasteiger partial charge in [-0.05, 0) is 44.7 Å². The highest BCUT2D eigenvalue weighted by molar-refractivity contribution is 7.89. The molecule has 2 aliphatic rings. The third kappa shape index (κ3) is 5.71. The molecule has 0 aromatic heterocycles. The van der Waals surface area contributed by atoms with Crippen molar-refractivity contribution in [2.75, 3.05) is 31.9 Å². The molecule has 2 N–H and O–H groups in total. The predicted octanol–water partition coefficient (Wildman–Crippen LogP) is 0.953. The minimum absolute atomic E-state index is 0.0462. The molecular weight excluding hydrogens is 428 g/mol. The van der Waals surface area contributed by atoms with Gasteiger partial charge in [-0.1, -0.05) is 18.2 Å². The molecule has 0 radical (unpaired) electrons. The molecule has 2 fully saturated rings. The molecule has 168 valence electrons. The largest absolute Gasteiger partial charge is 0.335 e. The molecule has 0 spiro atoms. The van der Waals surface area contributed by atoms with Crippen LogP contribution in [0.5, 0.6) is 0 Å². The van der Waals surface area contributed by atoms with Crippen LogP contribution in [0.1, 0.15) is 32.6 Å². The molecule has 0 atom stereocenters. The first-order valence-corrected chi connectivity index (χ1v) is 13.4. The number of carbonyl (C=O) groups excluding carboxylic acids is 1. The van der Waals surface area contributed by atoms with E-state index in [0.29, 0.717) is 51.9 Å². The third-order valence-corrected chi connectivity index (χ3v) is 9.12. The van der Waals surface area contributed by atoms with Crippen molar-refractivity contribution in [2.24, 2.45) is 0 Å². The SMILES string of the molecule is CCS(=O)(=O)N1CCC(NC(=O)N2CCC(NS(=O)(=O)c3ccccc3)CC2)CC1. The number of amides is 2. The van der Waals surface area contributed by atoms with E-state index in [4.69, 9.17) is 0 Å². The van der Waals surface area contributed by atoms with Gasteiger partial charge >= 0.3 is 6.03 Å². The summed E-state index contributed by atoms with van der Waals surface area (Å²) in [5.41, 5.74) is 0. The van der Waals surface area contributed by atoms with Gasteiger partial charge in [0.2, 0.25) is 20.0 Å². The topological polar surface area (TPSA) is 116 Å². The molecule has 2 heterocycles. The number of likely N-dealkylation sites (tertiary alicyclic amines) is 1. The van der Waals surface area contributed by atoms with Crippen LogP contribution in [0.25, 0.3) is 0 Å². The number of rotatable bonds is 6. The van der Waals surface area contributed by atoms with E-state index in [1.54, 1.807) is 42.2 Å². The van der Waals surface area contributed by atoms with Crippen molar-refractivity contribution >= 4 is 26.1 Å². The van der Waals surface area contributed by atoms with Crippen molar-refractivity contribution in [3.05, 3.63) is 30.3 Å². The van der Waals surface area contributed by atoms with E-state index >= 15 is 0 Å². The van der Waals surface area contributed by atoms with E-state index in [2.05, 4.69) is 10.0 Å². The van der Waals surface area contributed by atoms with Crippen molar-refractivity contribution in [3.8, 4) is 0 Å². The van der Waals surface area contributed by atoms with Gasteiger partial charge < -0.3 is 10.2 Å². The smallest absolute Gasteiger partial charge is 0.317 e. The maximum absolute atomic E-state index is 12.6. The molecular formula is C19H30N4O5S2. The van der Waals surface area contributed by atoms with Crippen LogP contribution in [0.3, 0.4) is 0 Å². The first-order valence-electron chi connectivity index (χ1n) is 10.3. The Hall–Kier alpha value is -1.69. The summed E-state index contributed by atoms with van der Waals surface area (Å²) in [5, 5.41) is 2.99. The minimum Gasteiger partial charge on any atom is -0.335 e. The van der Waals surface area contributed by atoms with Gasteiger partial charge in [0, 0.05) is 38.3 Å². The molecule has 3 rings (SSSR count). The van der Waals surface area contributed by atoms with Crippen molar-refractivity contribution in [2.45, 2.75) is 49.6 Å². The summed E-state index contributed by atoms with van der Waals surface area (Å²) in [6.07, 6.45) is 2.29. The van der Waals surface area contributed by atoms with Gasteiger partial charge in [0.15, 0.2) is 0 Å². The number of carbonyl (C=O) groups is 1. The molecule has 0 saturated carbocycles. The molecule has 30 heavy (non-hydrogen) atoms. The summed E-state index contributed by atoms with van der Waals surface area (Å²) in [6, 6.07) is 7.83. The molecule has 0 unspecified atom stereocenters. The van der Waals surface area contributed by atoms with Crippen molar-refractivity contribution in [1.29, 1.82) is 0 Å². The highest BCUT2D eigenvalue weighted by atomic mass is 32.2. The Kier molecular flexibility index (Phi) is 7.38. The Morgan fingerprint density at radius 1 is 0.933 bits per heavy atom. The van der Waals surface area contributed by atoms with E-state index in [0.717, 1.165) is 0 Å². The van der Waals surface area contributed by atoms with Crippen LogP contribution in [-0.2, 0) is 20.0 Å². The van der Waals surface area contributed by atoms with E-state index in [1.165, 1.54) is 4.31 Å². The number of hydrogen-bond donors (Lipinski definition) is 2. The molecule has 0 bridgehead atoms. The standard InChI is InChI=1S/C19H30N4O5S2/c1-2-29(25,26)23-14-10-16(11-15-23)20-19(24)22-12-8-17(9-13-22)21-30(27,28)18-6-4-3-5-7-18/h3-7,16-17,21H,2,8-15H2,1H3,(H,20,24). The highest BCUT2D eigenvalue weighted by Gasteiger charge is 2.30.